The first-order valence-corrected chi connectivity index (χ1v) is 7.75. The van der Waals surface area contributed by atoms with Gasteiger partial charge in [0.05, 0.1) is 0 Å². The van der Waals surface area contributed by atoms with Crippen LogP contribution in [0, 0.1) is 6.92 Å². The highest BCUT2D eigenvalue weighted by Crippen LogP contribution is 2.13. The number of carbonyl (C=O) groups excluding carboxylic acids is 1. The molecule has 0 radical (unpaired) electrons. The van der Waals surface area contributed by atoms with Gasteiger partial charge in [-0.1, -0.05) is 18.6 Å². The third kappa shape index (κ3) is 6.67. The summed E-state index contributed by atoms with van der Waals surface area (Å²) in [5.41, 5.74) is 1.11. The summed E-state index contributed by atoms with van der Waals surface area (Å²) in [6.07, 6.45) is 3.72. The number of halogens is 1. The molecular formula is C17H25ClNO3-. The monoisotopic (exact) mass is 326 g/mol. The van der Waals surface area contributed by atoms with Crippen molar-refractivity contribution in [2.75, 3.05) is 26.2 Å². The molecule has 5 heteroatoms. The Balaban J connectivity index is 0.00000242. The average Bonchev–Trinajstić information content (AvgIpc) is 2.46. The first-order valence-electron chi connectivity index (χ1n) is 7.75. The maximum atomic E-state index is 11.8. The van der Waals surface area contributed by atoms with Gasteiger partial charge in [-0.05, 0) is 57.5 Å². The Labute approximate surface area is 139 Å². The summed E-state index contributed by atoms with van der Waals surface area (Å²) in [5, 5.41) is 0. The normalized spacial score (nSPS) is 16.5. The Hall–Kier alpha value is -1.26. The molecule has 1 aliphatic rings. The lowest BCUT2D eigenvalue weighted by Crippen LogP contribution is -3.00. The van der Waals surface area contributed by atoms with Crippen molar-refractivity contribution >= 4 is 5.97 Å². The molecule has 22 heavy (non-hydrogen) atoms. The molecule has 1 saturated heterocycles. The van der Waals surface area contributed by atoms with Crippen molar-refractivity contribution in [3.63, 3.8) is 0 Å². The van der Waals surface area contributed by atoms with Crippen LogP contribution in [-0.2, 0) is 9.53 Å². The van der Waals surface area contributed by atoms with Crippen LogP contribution < -0.4 is 17.1 Å². The van der Waals surface area contributed by atoms with Gasteiger partial charge in [-0.3, -0.25) is 4.90 Å². The first-order chi connectivity index (χ1) is 10.1. The Kier molecular flexibility index (Phi) is 8.28. The molecule has 1 heterocycles. The lowest BCUT2D eigenvalue weighted by atomic mass is 10.1. The average molecular weight is 327 g/mol. The fourth-order valence-electron chi connectivity index (χ4n) is 2.65. The van der Waals surface area contributed by atoms with Crippen molar-refractivity contribution in [3.8, 4) is 5.75 Å². The number of rotatable bonds is 6. The molecule has 0 aliphatic carbocycles. The summed E-state index contributed by atoms with van der Waals surface area (Å²) in [7, 11) is 0. The molecule has 1 aliphatic heterocycles. The molecule has 0 bridgehead atoms. The van der Waals surface area contributed by atoms with Crippen molar-refractivity contribution < 1.29 is 26.7 Å². The second-order valence-electron chi connectivity index (χ2n) is 5.77. The van der Waals surface area contributed by atoms with Gasteiger partial charge in [0.1, 0.15) is 11.9 Å². The number of carbonyl (C=O) groups is 1. The Morgan fingerprint density at radius 3 is 2.68 bits per heavy atom. The topological polar surface area (TPSA) is 38.8 Å². The second kappa shape index (κ2) is 9.70. The highest BCUT2D eigenvalue weighted by molar-refractivity contribution is 5.71. The molecule has 1 unspecified atom stereocenters. The molecule has 0 saturated carbocycles. The number of aryl methyl sites for hydroxylation is 1. The van der Waals surface area contributed by atoms with Crippen LogP contribution in [0.25, 0.3) is 0 Å². The Bertz CT molecular complexity index is 461. The lowest BCUT2D eigenvalue weighted by molar-refractivity contribution is -0.151. The van der Waals surface area contributed by atoms with Crippen LogP contribution in [0.4, 0.5) is 0 Å². The Morgan fingerprint density at radius 1 is 1.27 bits per heavy atom. The largest absolute Gasteiger partial charge is 1.00 e. The van der Waals surface area contributed by atoms with Gasteiger partial charge in [0.2, 0.25) is 0 Å². The van der Waals surface area contributed by atoms with Crippen molar-refractivity contribution in [1.82, 2.24) is 4.90 Å². The highest BCUT2D eigenvalue weighted by atomic mass is 35.5. The summed E-state index contributed by atoms with van der Waals surface area (Å²) in [6.45, 7) is 6.94. The van der Waals surface area contributed by atoms with Crippen molar-refractivity contribution in [3.05, 3.63) is 29.8 Å². The summed E-state index contributed by atoms with van der Waals surface area (Å²) >= 11 is 0. The van der Waals surface area contributed by atoms with Crippen LogP contribution >= 0.6 is 0 Å². The molecule has 1 fully saturated rings. The molecule has 1 atom stereocenters. The number of piperidine rings is 1. The molecular weight excluding hydrogens is 302 g/mol. The van der Waals surface area contributed by atoms with Crippen molar-refractivity contribution in [2.24, 2.45) is 0 Å². The zero-order chi connectivity index (χ0) is 15.1. The van der Waals surface area contributed by atoms with Crippen molar-refractivity contribution in [1.29, 1.82) is 0 Å². The van der Waals surface area contributed by atoms with Gasteiger partial charge in [0, 0.05) is 6.54 Å². The van der Waals surface area contributed by atoms with Crippen LogP contribution in [-0.4, -0.2) is 43.2 Å². The molecule has 0 N–H and O–H groups in total. The first kappa shape index (κ1) is 18.8. The van der Waals surface area contributed by atoms with E-state index in [0.29, 0.717) is 5.75 Å². The van der Waals surface area contributed by atoms with E-state index in [1.54, 1.807) is 0 Å². The number of esters is 1. The smallest absolute Gasteiger partial charge is 0.344 e. The maximum Gasteiger partial charge on any atom is 0.344 e. The minimum absolute atomic E-state index is 0. The predicted molar refractivity (Wildman–Crippen MR) is 82.5 cm³/mol. The van der Waals surface area contributed by atoms with Crippen molar-refractivity contribution in [2.45, 2.75) is 39.2 Å². The molecule has 1 aromatic rings. The van der Waals surface area contributed by atoms with E-state index in [-0.39, 0.29) is 31.1 Å². The number of hydrogen-bond donors (Lipinski definition) is 0. The fraction of sp³-hybridized carbons (Fsp3) is 0.588. The maximum absolute atomic E-state index is 11.8. The van der Waals surface area contributed by atoms with Gasteiger partial charge in [-0.25, -0.2) is 4.79 Å². The summed E-state index contributed by atoms with van der Waals surface area (Å²) < 4.78 is 10.9. The fourth-order valence-corrected chi connectivity index (χ4v) is 2.65. The number of likely N-dealkylation sites (tertiary alicyclic amines) is 1. The molecule has 0 spiro atoms. The van der Waals surface area contributed by atoms with E-state index in [9.17, 15) is 4.79 Å². The minimum Gasteiger partial charge on any atom is -1.00 e. The van der Waals surface area contributed by atoms with Gasteiger partial charge < -0.3 is 21.9 Å². The third-order valence-electron chi connectivity index (χ3n) is 3.64. The van der Waals surface area contributed by atoms with Crippen LogP contribution in [0.5, 0.6) is 5.75 Å². The zero-order valence-electron chi connectivity index (χ0n) is 13.4. The van der Waals surface area contributed by atoms with E-state index in [1.807, 2.05) is 38.1 Å². The molecule has 0 aromatic heterocycles. The number of ether oxygens (including phenoxy) is 2. The minimum atomic E-state index is -0.305. The van der Waals surface area contributed by atoms with Crippen LogP contribution in [0.1, 0.15) is 31.7 Å². The van der Waals surface area contributed by atoms with Gasteiger partial charge in [-0.15, -0.1) is 0 Å². The second-order valence-corrected chi connectivity index (χ2v) is 5.77. The molecule has 2 rings (SSSR count). The van der Waals surface area contributed by atoms with E-state index >= 15 is 0 Å². The molecule has 1 aromatic carbocycles. The van der Waals surface area contributed by atoms with Gasteiger partial charge in [-0.2, -0.15) is 0 Å². The van der Waals surface area contributed by atoms with E-state index in [0.717, 1.165) is 25.2 Å². The molecule has 0 amide bonds. The van der Waals surface area contributed by atoms with Gasteiger partial charge in [0.25, 0.3) is 0 Å². The standard InChI is InChI=1S/C17H25NO3.ClH/c1-14-7-6-8-16(11-14)20-13-17(19)21-15(2)12-18-9-4-3-5-10-18;/h6-8,11,15H,3-5,9-10,12-13H2,1-2H3;1H/p-1. The van der Waals surface area contributed by atoms with Crippen LogP contribution in [0.2, 0.25) is 0 Å². The zero-order valence-corrected chi connectivity index (χ0v) is 14.1. The number of nitrogens with zero attached hydrogens (tertiary/aromatic N) is 1. The molecule has 4 nitrogen and oxygen atoms in total. The highest BCUT2D eigenvalue weighted by Gasteiger charge is 2.16. The Morgan fingerprint density at radius 2 is 2.00 bits per heavy atom. The quantitative estimate of drug-likeness (QED) is 0.679. The van der Waals surface area contributed by atoms with E-state index < -0.39 is 0 Å². The SMILES string of the molecule is Cc1cccc(OCC(=O)OC(C)CN2CCCCC2)c1.[Cl-]. The summed E-state index contributed by atoms with van der Waals surface area (Å²) in [6, 6.07) is 7.66. The predicted octanol–water partition coefficient (Wildman–Crippen LogP) is -0.205. The molecule has 124 valence electrons. The summed E-state index contributed by atoms with van der Waals surface area (Å²) in [5.74, 6) is 0.400. The van der Waals surface area contributed by atoms with E-state index in [2.05, 4.69) is 4.90 Å². The number of hydrogen-bond acceptors (Lipinski definition) is 4. The lowest BCUT2D eigenvalue weighted by Gasteiger charge is -2.28. The van der Waals surface area contributed by atoms with Crippen LogP contribution in [0.15, 0.2) is 24.3 Å². The van der Waals surface area contributed by atoms with Crippen LogP contribution in [0.3, 0.4) is 0 Å². The van der Waals surface area contributed by atoms with E-state index in [1.165, 1.54) is 19.3 Å². The third-order valence-corrected chi connectivity index (χ3v) is 3.64. The summed E-state index contributed by atoms with van der Waals surface area (Å²) in [4.78, 5) is 14.2. The van der Waals surface area contributed by atoms with E-state index in [4.69, 9.17) is 9.47 Å². The van der Waals surface area contributed by atoms with Gasteiger partial charge >= 0.3 is 5.97 Å². The number of benzene rings is 1. The van der Waals surface area contributed by atoms with Gasteiger partial charge in [0.15, 0.2) is 6.61 Å².